The zero-order chi connectivity index (χ0) is 12.8. The van der Waals surface area contributed by atoms with E-state index in [9.17, 15) is 4.79 Å². The zero-order valence-electron chi connectivity index (χ0n) is 11.4. The van der Waals surface area contributed by atoms with Crippen molar-refractivity contribution in [2.75, 3.05) is 0 Å². The van der Waals surface area contributed by atoms with Gasteiger partial charge in [-0.25, -0.2) is 4.79 Å². The first-order valence-corrected chi connectivity index (χ1v) is 7.41. The van der Waals surface area contributed by atoms with Gasteiger partial charge in [-0.2, -0.15) is 0 Å². The maximum absolute atomic E-state index is 11.3. The molecular formula is C16H24O2. The van der Waals surface area contributed by atoms with E-state index in [0.29, 0.717) is 5.41 Å². The smallest absolute Gasteiger partial charge is 0.330 e. The van der Waals surface area contributed by atoms with Crippen molar-refractivity contribution in [3.05, 3.63) is 12.7 Å². The summed E-state index contributed by atoms with van der Waals surface area (Å²) in [6.45, 7) is 5.51. The number of ether oxygens (including phenoxy) is 1. The van der Waals surface area contributed by atoms with Crippen LogP contribution >= 0.6 is 0 Å². The van der Waals surface area contributed by atoms with Crippen LogP contribution in [0, 0.1) is 23.2 Å². The predicted octanol–water partition coefficient (Wildman–Crippen LogP) is 3.71. The zero-order valence-corrected chi connectivity index (χ0v) is 11.4. The third-order valence-electron chi connectivity index (χ3n) is 5.37. The third kappa shape index (κ3) is 2.22. The Bertz CT molecular complexity index is 323. The molecule has 2 nitrogen and oxygen atoms in total. The number of carbonyl (C=O) groups excluding carboxylic acids is 1. The molecule has 100 valence electrons. The predicted molar refractivity (Wildman–Crippen MR) is 71.0 cm³/mol. The number of carbonyl (C=O) groups is 1. The van der Waals surface area contributed by atoms with Crippen molar-refractivity contribution in [1.82, 2.24) is 0 Å². The van der Waals surface area contributed by atoms with Crippen molar-refractivity contribution in [1.29, 1.82) is 0 Å². The number of hydrogen-bond donors (Lipinski definition) is 0. The normalized spacial score (nSPS) is 42.6. The molecule has 4 fully saturated rings. The Morgan fingerprint density at radius 2 is 1.78 bits per heavy atom. The van der Waals surface area contributed by atoms with Crippen LogP contribution in [-0.4, -0.2) is 12.1 Å². The fourth-order valence-electron chi connectivity index (χ4n) is 5.44. The van der Waals surface area contributed by atoms with Crippen LogP contribution in [0.1, 0.15) is 51.9 Å². The first-order valence-electron chi connectivity index (χ1n) is 7.41. The van der Waals surface area contributed by atoms with Crippen molar-refractivity contribution < 1.29 is 9.53 Å². The summed E-state index contributed by atoms with van der Waals surface area (Å²) in [5.74, 6) is 2.64. The van der Waals surface area contributed by atoms with Gasteiger partial charge < -0.3 is 4.74 Å². The molecule has 4 rings (SSSR count). The van der Waals surface area contributed by atoms with Gasteiger partial charge in [-0.05, 0) is 75.0 Å². The van der Waals surface area contributed by atoms with E-state index in [2.05, 4.69) is 6.58 Å². The molecule has 0 aromatic rings. The van der Waals surface area contributed by atoms with Crippen LogP contribution in [0.3, 0.4) is 0 Å². The Morgan fingerprint density at radius 1 is 1.28 bits per heavy atom. The van der Waals surface area contributed by atoms with E-state index >= 15 is 0 Å². The van der Waals surface area contributed by atoms with Crippen molar-refractivity contribution in [3.8, 4) is 0 Å². The second-order valence-electron chi connectivity index (χ2n) is 7.07. The summed E-state index contributed by atoms with van der Waals surface area (Å²) in [5, 5.41) is 0. The topological polar surface area (TPSA) is 26.3 Å². The second kappa shape index (κ2) is 4.40. The Morgan fingerprint density at radius 3 is 2.22 bits per heavy atom. The molecule has 4 bridgehead atoms. The van der Waals surface area contributed by atoms with Crippen LogP contribution in [0.25, 0.3) is 0 Å². The van der Waals surface area contributed by atoms with Gasteiger partial charge in [0.2, 0.25) is 0 Å². The molecule has 0 radical (unpaired) electrons. The highest BCUT2D eigenvalue weighted by Gasteiger charge is 2.51. The molecule has 1 atom stereocenters. The highest BCUT2D eigenvalue weighted by molar-refractivity contribution is 5.81. The molecule has 4 aliphatic rings. The van der Waals surface area contributed by atoms with Gasteiger partial charge in [0, 0.05) is 6.08 Å². The lowest BCUT2D eigenvalue weighted by molar-refractivity contribution is -0.146. The van der Waals surface area contributed by atoms with Gasteiger partial charge in [-0.1, -0.05) is 6.58 Å². The quantitative estimate of drug-likeness (QED) is 0.560. The fourth-order valence-corrected chi connectivity index (χ4v) is 5.44. The van der Waals surface area contributed by atoms with Crippen LogP contribution in [0.15, 0.2) is 12.7 Å². The summed E-state index contributed by atoms with van der Waals surface area (Å²) in [6, 6.07) is 0. The summed E-state index contributed by atoms with van der Waals surface area (Å²) in [4.78, 5) is 11.3. The van der Waals surface area contributed by atoms with Crippen LogP contribution in [0.5, 0.6) is 0 Å². The summed E-state index contributed by atoms with van der Waals surface area (Å²) >= 11 is 0. The minimum Gasteiger partial charge on any atom is -0.460 e. The largest absolute Gasteiger partial charge is 0.460 e. The molecule has 0 aliphatic heterocycles. The van der Waals surface area contributed by atoms with Crippen LogP contribution in [0.4, 0.5) is 0 Å². The molecule has 0 amide bonds. The monoisotopic (exact) mass is 248 g/mol. The van der Waals surface area contributed by atoms with Crippen LogP contribution in [-0.2, 0) is 9.53 Å². The molecule has 0 N–H and O–H groups in total. The van der Waals surface area contributed by atoms with Crippen LogP contribution in [0.2, 0.25) is 0 Å². The highest BCUT2D eigenvalue weighted by Crippen LogP contribution is 2.61. The van der Waals surface area contributed by atoms with Crippen molar-refractivity contribution in [2.24, 2.45) is 23.2 Å². The molecule has 1 unspecified atom stereocenters. The Hall–Kier alpha value is -0.790. The van der Waals surface area contributed by atoms with E-state index in [1.807, 2.05) is 6.92 Å². The van der Waals surface area contributed by atoms with E-state index in [-0.39, 0.29) is 12.1 Å². The van der Waals surface area contributed by atoms with Gasteiger partial charge in [0.1, 0.15) is 0 Å². The molecule has 4 saturated carbocycles. The molecule has 0 saturated heterocycles. The highest BCUT2D eigenvalue weighted by atomic mass is 16.5. The summed E-state index contributed by atoms with van der Waals surface area (Å²) in [7, 11) is 0. The standard InChI is InChI=1S/C16H24O2/c1-3-15(17)18-11(2)7-16-8-12-4-13(9-16)6-14(5-12)10-16/h3,11-14H,1,4-10H2,2H3. The lowest BCUT2D eigenvalue weighted by Gasteiger charge is -2.57. The SMILES string of the molecule is C=CC(=O)OC(C)CC12CC3CC(CC(C3)C1)C2. The van der Waals surface area contributed by atoms with Gasteiger partial charge in [0.05, 0.1) is 6.10 Å². The molecular weight excluding hydrogens is 224 g/mol. The molecule has 4 aliphatic carbocycles. The van der Waals surface area contributed by atoms with Gasteiger partial charge in [0.15, 0.2) is 0 Å². The summed E-state index contributed by atoms with van der Waals surface area (Å²) < 4.78 is 5.38. The first kappa shape index (κ1) is 12.3. The van der Waals surface area contributed by atoms with Crippen molar-refractivity contribution >= 4 is 5.97 Å². The lowest BCUT2D eigenvalue weighted by Crippen LogP contribution is -2.47. The van der Waals surface area contributed by atoms with Crippen molar-refractivity contribution in [2.45, 2.75) is 58.0 Å². The molecule has 0 spiro atoms. The Labute approximate surface area is 110 Å². The van der Waals surface area contributed by atoms with E-state index in [1.165, 1.54) is 44.6 Å². The van der Waals surface area contributed by atoms with Crippen LogP contribution < -0.4 is 0 Å². The number of esters is 1. The lowest BCUT2D eigenvalue weighted by atomic mass is 9.48. The summed E-state index contributed by atoms with van der Waals surface area (Å²) in [5.41, 5.74) is 0.496. The minimum atomic E-state index is -0.271. The molecule has 18 heavy (non-hydrogen) atoms. The second-order valence-corrected chi connectivity index (χ2v) is 7.07. The Kier molecular flexibility index (Phi) is 2.99. The third-order valence-corrected chi connectivity index (χ3v) is 5.37. The first-order chi connectivity index (χ1) is 8.58. The number of rotatable bonds is 4. The van der Waals surface area contributed by atoms with E-state index in [1.54, 1.807) is 0 Å². The maximum atomic E-state index is 11.3. The molecule has 0 aromatic heterocycles. The molecule has 0 aromatic carbocycles. The van der Waals surface area contributed by atoms with Gasteiger partial charge in [-0.15, -0.1) is 0 Å². The van der Waals surface area contributed by atoms with Gasteiger partial charge in [-0.3, -0.25) is 0 Å². The van der Waals surface area contributed by atoms with Gasteiger partial charge in [0.25, 0.3) is 0 Å². The fraction of sp³-hybridized carbons (Fsp3) is 0.812. The van der Waals surface area contributed by atoms with Crippen molar-refractivity contribution in [3.63, 3.8) is 0 Å². The average Bonchev–Trinajstić information content (AvgIpc) is 2.25. The molecule has 2 heteroatoms. The molecule has 0 heterocycles. The van der Waals surface area contributed by atoms with E-state index < -0.39 is 0 Å². The minimum absolute atomic E-state index is 0.0479. The van der Waals surface area contributed by atoms with E-state index in [4.69, 9.17) is 4.74 Å². The number of hydrogen-bond acceptors (Lipinski definition) is 2. The van der Waals surface area contributed by atoms with Gasteiger partial charge >= 0.3 is 5.97 Å². The van der Waals surface area contributed by atoms with E-state index in [0.717, 1.165) is 24.2 Å². The summed E-state index contributed by atoms with van der Waals surface area (Å²) in [6.07, 6.45) is 11.0. The average molecular weight is 248 g/mol. The Balaban J connectivity index is 1.65. The maximum Gasteiger partial charge on any atom is 0.330 e.